The average Bonchev–Trinajstić information content (AvgIpc) is 2.75. The molecule has 0 aliphatic carbocycles. The molecule has 1 unspecified atom stereocenters. The zero-order valence-electron chi connectivity index (χ0n) is 13.1. The third kappa shape index (κ3) is 2.92. The fraction of sp³-hybridized carbons (Fsp3) is 0.294. The second-order valence-electron chi connectivity index (χ2n) is 5.35. The molecule has 0 bridgehead atoms. The van der Waals surface area contributed by atoms with Crippen molar-refractivity contribution in [2.24, 2.45) is 0 Å². The maximum atomic E-state index is 13.0. The molecule has 2 aromatic rings. The topological polar surface area (TPSA) is 55.8 Å². The van der Waals surface area contributed by atoms with Gasteiger partial charge >= 0.3 is 0 Å². The number of ether oxygens (including phenoxy) is 2. The number of para-hydroxylation sites is 1. The maximum absolute atomic E-state index is 13.0. The smallest absolute Gasteiger partial charge is 0.243 e. The molecule has 6 heteroatoms. The van der Waals surface area contributed by atoms with Crippen LogP contribution in [0.2, 0.25) is 0 Å². The predicted molar refractivity (Wildman–Crippen MR) is 87.2 cm³/mol. The fourth-order valence-corrected chi connectivity index (χ4v) is 4.36. The van der Waals surface area contributed by atoms with E-state index in [9.17, 15) is 8.42 Å². The summed E-state index contributed by atoms with van der Waals surface area (Å²) in [5, 5.41) is 0. The van der Waals surface area contributed by atoms with Crippen LogP contribution in [0.3, 0.4) is 0 Å². The molecule has 0 amide bonds. The minimum absolute atomic E-state index is 0.254. The molecule has 0 aromatic heterocycles. The van der Waals surface area contributed by atoms with E-state index in [1.54, 1.807) is 31.4 Å². The zero-order chi connectivity index (χ0) is 16.4. The number of rotatable bonds is 3. The van der Waals surface area contributed by atoms with Gasteiger partial charge in [-0.15, -0.1) is 0 Å². The van der Waals surface area contributed by atoms with Gasteiger partial charge < -0.3 is 9.47 Å². The maximum Gasteiger partial charge on any atom is 0.243 e. The zero-order valence-corrected chi connectivity index (χ0v) is 13.9. The summed E-state index contributed by atoms with van der Waals surface area (Å²) in [5.74, 6) is 1.37. The number of hydrogen-bond acceptors (Lipinski definition) is 4. The van der Waals surface area contributed by atoms with Crippen LogP contribution in [0.5, 0.6) is 11.5 Å². The lowest BCUT2D eigenvalue weighted by Crippen LogP contribution is -2.35. The molecule has 2 aromatic carbocycles. The predicted octanol–water partition coefficient (Wildman–Crippen LogP) is 2.84. The molecular formula is C17H19NO4S. The summed E-state index contributed by atoms with van der Waals surface area (Å²) in [7, 11) is -2.05. The highest BCUT2D eigenvalue weighted by atomic mass is 32.2. The second-order valence-corrected chi connectivity index (χ2v) is 7.24. The number of sulfonamides is 1. The molecule has 1 aliphatic heterocycles. The Morgan fingerprint density at radius 1 is 1.13 bits per heavy atom. The van der Waals surface area contributed by atoms with Gasteiger partial charge in [0.2, 0.25) is 10.0 Å². The van der Waals surface area contributed by atoms with Crippen molar-refractivity contribution in [1.82, 2.24) is 4.31 Å². The van der Waals surface area contributed by atoms with Crippen molar-refractivity contribution in [3.8, 4) is 11.5 Å². The van der Waals surface area contributed by atoms with Crippen LogP contribution in [0.15, 0.2) is 53.4 Å². The minimum Gasteiger partial charge on any atom is -0.497 e. The monoisotopic (exact) mass is 333 g/mol. The van der Waals surface area contributed by atoms with E-state index in [-0.39, 0.29) is 10.9 Å². The lowest BCUT2D eigenvalue weighted by molar-refractivity contribution is 0.278. The first-order chi connectivity index (χ1) is 11.0. The van der Waals surface area contributed by atoms with Gasteiger partial charge in [0.1, 0.15) is 18.1 Å². The SMILES string of the molecule is COc1ccc(S(=O)(=O)N2CCOc3ccccc3C2C)cc1. The van der Waals surface area contributed by atoms with Crippen LogP contribution < -0.4 is 9.47 Å². The molecular weight excluding hydrogens is 314 g/mol. The largest absolute Gasteiger partial charge is 0.497 e. The Labute approximate surface area is 136 Å². The molecule has 0 saturated carbocycles. The van der Waals surface area contributed by atoms with Crippen LogP contribution in [0.25, 0.3) is 0 Å². The molecule has 0 saturated heterocycles. The van der Waals surface area contributed by atoms with Crippen LogP contribution in [-0.4, -0.2) is 33.0 Å². The highest BCUT2D eigenvalue weighted by Gasteiger charge is 2.33. The van der Waals surface area contributed by atoms with Crippen molar-refractivity contribution in [3.63, 3.8) is 0 Å². The molecule has 5 nitrogen and oxygen atoms in total. The van der Waals surface area contributed by atoms with Crippen molar-refractivity contribution in [1.29, 1.82) is 0 Å². The van der Waals surface area contributed by atoms with Crippen molar-refractivity contribution in [2.75, 3.05) is 20.3 Å². The molecule has 23 heavy (non-hydrogen) atoms. The summed E-state index contributed by atoms with van der Waals surface area (Å²) >= 11 is 0. The molecule has 1 atom stereocenters. The summed E-state index contributed by atoms with van der Waals surface area (Å²) in [6, 6.07) is 13.7. The standard InChI is InChI=1S/C17H19NO4S/c1-13-16-5-3-4-6-17(16)22-12-11-18(13)23(19,20)15-9-7-14(21-2)8-10-15/h3-10,13H,11-12H2,1-2H3. The van der Waals surface area contributed by atoms with E-state index in [0.717, 1.165) is 11.3 Å². The van der Waals surface area contributed by atoms with Crippen LogP contribution in [-0.2, 0) is 10.0 Å². The molecule has 1 aliphatic rings. The first-order valence-electron chi connectivity index (χ1n) is 7.41. The van der Waals surface area contributed by atoms with E-state index in [0.29, 0.717) is 18.9 Å². The van der Waals surface area contributed by atoms with E-state index in [1.165, 1.54) is 4.31 Å². The van der Waals surface area contributed by atoms with Gasteiger partial charge in [-0.1, -0.05) is 18.2 Å². The molecule has 3 rings (SSSR count). The Hall–Kier alpha value is -2.05. The second kappa shape index (κ2) is 6.22. The highest BCUT2D eigenvalue weighted by molar-refractivity contribution is 7.89. The third-order valence-corrected chi connectivity index (χ3v) is 6.02. The van der Waals surface area contributed by atoms with Gasteiger partial charge in [-0.25, -0.2) is 8.42 Å². The average molecular weight is 333 g/mol. The van der Waals surface area contributed by atoms with E-state index < -0.39 is 10.0 Å². The van der Waals surface area contributed by atoms with Crippen molar-refractivity contribution in [2.45, 2.75) is 17.9 Å². The van der Waals surface area contributed by atoms with E-state index >= 15 is 0 Å². The number of methoxy groups -OCH3 is 1. The van der Waals surface area contributed by atoms with Crippen molar-refractivity contribution >= 4 is 10.0 Å². The molecule has 0 radical (unpaired) electrons. The summed E-state index contributed by atoms with van der Waals surface area (Å²) in [5.41, 5.74) is 0.877. The highest BCUT2D eigenvalue weighted by Crippen LogP contribution is 2.35. The molecule has 1 heterocycles. The first kappa shape index (κ1) is 15.8. The van der Waals surface area contributed by atoms with Crippen LogP contribution in [0.4, 0.5) is 0 Å². The Bertz CT molecular complexity index is 786. The Kier molecular flexibility index (Phi) is 4.28. The number of fused-ring (bicyclic) bond motifs is 1. The van der Waals surface area contributed by atoms with Crippen molar-refractivity contribution < 1.29 is 17.9 Å². The van der Waals surface area contributed by atoms with Gasteiger partial charge in [-0.3, -0.25) is 0 Å². The van der Waals surface area contributed by atoms with E-state index in [2.05, 4.69) is 0 Å². The lowest BCUT2D eigenvalue weighted by Gasteiger charge is -2.26. The van der Waals surface area contributed by atoms with Crippen LogP contribution >= 0.6 is 0 Å². The molecule has 0 fully saturated rings. The quantitative estimate of drug-likeness (QED) is 0.867. The Morgan fingerprint density at radius 2 is 1.83 bits per heavy atom. The van der Waals surface area contributed by atoms with Crippen LogP contribution in [0.1, 0.15) is 18.5 Å². The van der Waals surface area contributed by atoms with Gasteiger partial charge in [-0.05, 0) is 37.3 Å². The Morgan fingerprint density at radius 3 is 2.52 bits per heavy atom. The number of hydrogen-bond donors (Lipinski definition) is 0. The van der Waals surface area contributed by atoms with Crippen LogP contribution in [0, 0.1) is 0 Å². The van der Waals surface area contributed by atoms with Gasteiger partial charge in [0.15, 0.2) is 0 Å². The Balaban J connectivity index is 1.99. The summed E-state index contributed by atoms with van der Waals surface area (Å²) < 4.78 is 38.2. The minimum atomic E-state index is -3.60. The summed E-state index contributed by atoms with van der Waals surface area (Å²) in [6.07, 6.45) is 0. The third-order valence-electron chi connectivity index (χ3n) is 4.04. The fourth-order valence-electron chi connectivity index (χ4n) is 2.76. The normalized spacial score (nSPS) is 18.6. The molecule has 0 spiro atoms. The van der Waals surface area contributed by atoms with Crippen molar-refractivity contribution in [3.05, 3.63) is 54.1 Å². The molecule has 122 valence electrons. The van der Waals surface area contributed by atoms with E-state index in [4.69, 9.17) is 9.47 Å². The van der Waals surface area contributed by atoms with Gasteiger partial charge in [0.25, 0.3) is 0 Å². The number of nitrogens with zero attached hydrogens (tertiary/aromatic N) is 1. The van der Waals surface area contributed by atoms with Gasteiger partial charge in [0, 0.05) is 12.1 Å². The lowest BCUT2D eigenvalue weighted by atomic mass is 10.1. The van der Waals surface area contributed by atoms with Gasteiger partial charge in [0.05, 0.1) is 18.0 Å². The number of benzene rings is 2. The summed E-state index contributed by atoms with van der Waals surface area (Å²) in [6.45, 7) is 2.52. The van der Waals surface area contributed by atoms with E-state index in [1.807, 2.05) is 31.2 Å². The first-order valence-corrected chi connectivity index (χ1v) is 8.85. The van der Waals surface area contributed by atoms with Gasteiger partial charge in [-0.2, -0.15) is 4.31 Å². The summed E-state index contributed by atoms with van der Waals surface area (Å²) in [4.78, 5) is 0.254. The molecule has 0 N–H and O–H groups in total.